The number of oxazole rings is 1. The van der Waals surface area contributed by atoms with Crippen molar-refractivity contribution in [2.75, 3.05) is 19.0 Å². The highest BCUT2D eigenvalue weighted by Crippen LogP contribution is 2.32. The van der Waals surface area contributed by atoms with Crippen molar-refractivity contribution in [3.8, 4) is 23.0 Å². The molecule has 0 aliphatic heterocycles. The fourth-order valence-electron chi connectivity index (χ4n) is 2.80. The average Bonchev–Trinajstić information content (AvgIpc) is 3.17. The summed E-state index contributed by atoms with van der Waals surface area (Å²) >= 11 is 6.83. The quantitative estimate of drug-likeness (QED) is 0.328. The molecule has 3 aromatic carbocycles. The number of fused-ring (bicyclic) bond motifs is 1. The van der Waals surface area contributed by atoms with Crippen molar-refractivity contribution < 1.29 is 18.7 Å². The van der Waals surface area contributed by atoms with Crippen LogP contribution in [0, 0.1) is 0 Å². The van der Waals surface area contributed by atoms with Crippen molar-refractivity contribution in [1.29, 1.82) is 0 Å². The Hall–Kier alpha value is -2.84. The molecule has 0 aliphatic carbocycles. The first kappa shape index (κ1) is 20.4. The second kappa shape index (κ2) is 8.89. The molecular weight excluding hydrogens is 516 g/mol. The number of hydrogen-bond donors (Lipinski definition) is 1. The summed E-state index contributed by atoms with van der Waals surface area (Å²) in [5.41, 5.74) is 2.69. The third-order valence-corrected chi connectivity index (χ3v) is 5.40. The van der Waals surface area contributed by atoms with Crippen LogP contribution in [-0.2, 0) is 4.79 Å². The second-order valence-corrected chi connectivity index (χ2v) is 8.11. The third-order valence-electron chi connectivity index (χ3n) is 4.25. The number of amides is 1. The van der Waals surface area contributed by atoms with E-state index in [1.807, 2.05) is 30.3 Å². The number of rotatable bonds is 6. The van der Waals surface area contributed by atoms with Gasteiger partial charge >= 0.3 is 0 Å². The van der Waals surface area contributed by atoms with Crippen LogP contribution in [0.3, 0.4) is 0 Å². The van der Waals surface area contributed by atoms with Gasteiger partial charge in [-0.2, -0.15) is 0 Å². The molecule has 4 rings (SSSR count). The van der Waals surface area contributed by atoms with Gasteiger partial charge in [-0.25, -0.2) is 4.98 Å². The van der Waals surface area contributed by atoms with Gasteiger partial charge in [0, 0.05) is 15.7 Å². The van der Waals surface area contributed by atoms with Gasteiger partial charge in [0.05, 0.1) is 11.6 Å². The highest BCUT2D eigenvalue weighted by molar-refractivity contribution is 9.10. The minimum atomic E-state index is -0.264. The Kier molecular flexibility index (Phi) is 6.06. The minimum Gasteiger partial charge on any atom is -0.496 e. The molecule has 0 fully saturated rings. The summed E-state index contributed by atoms with van der Waals surface area (Å²) in [7, 11) is 1.61. The number of ether oxygens (including phenoxy) is 2. The molecule has 30 heavy (non-hydrogen) atoms. The summed E-state index contributed by atoms with van der Waals surface area (Å²) in [6.45, 7) is -0.0936. The zero-order valence-electron chi connectivity index (χ0n) is 15.8. The van der Waals surface area contributed by atoms with Crippen LogP contribution in [0.5, 0.6) is 11.5 Å². The number of benzene rings is 3. The van der Waals surface area contributed by atoms with Crippen LogP contribution in [0.25, 0.3) is 22.6 Å². The molecule has 152 valence electrons. The largest absolute Gasteiger partial charge is 0.496 e. The van der Waals surface area contributed by atoms with E-state index in [4.69, 9.17) is 13.9 Å². The summed E-state index contributed by atoms with van der Waals surface area (Å²) < 4.78 is 18.3. The number of anilines is 1. The van der Waals surface area contributed by atoms with E-state index in [2.05, 4.69) is 42.2 Å². The van der Waals surface area contributed by atoms with Crippen LogP contribution in [-0.4, -0.2) is 24.6 Å². The van der Waals surface area contributed by atoms with E-state index in [0.29, 0.717) is 28.4 Å². The molecule has 0 saturated heterocycles. The van der Waals surface area contributed by atoms with Crippen molar-refractivity contribution >= 4 is 54.6 Å². The average molecular weight is 532 g/mol. The lowest BCUT2D eigenvalue weighted by molar-refractivity contribution is -0.118. The van der Waals surface area contributed by atoms with Gasteiger partial charge in [-0.3, -0.25) is 4.79 Å². The van der Waals surface area contributed by atoms with Crippen molar-refractivity contribution in [3.63, 3.8) is 0 Å². The summed E-state index contributed by atoms with van der Waals surface area (Å²) in [4.78, 5) is 16.7. The predicted molar refractivity (Wildman–Crippen MR) is 122 cm³/mol. The molecule has 0 saturated carbocycles. The molecule has 8 heteroatoms. The molecule has 6 nitrogen and oxygen atoms in total. The molecule has 1 amide bonds. The molecule has 0 bridgehead atoms. The van der Waals surface area contributed by atoms with Gasteiger partial charge in [0.1, 0.15) is 17.0 Å². The smallest absolute Gasteiger partial charge is 0.262 e. The molecule has 0 aliphatic rings. The Bertz CT molecular complexity index is 1210. The maximum absolute atomic E-state index is 12.2. The molecular formula is C22H16Br2N2O4. The van der Waals surface area contributed by atoms with Crippen LogP contribution in [0.1, 0.15) is 0 Å². The number of aromatic nitrogens is 1. The molecule has 0 radical (unpaired) electrons. The van der Waals surface area contributed by atoms with Gasteiger partial charge < -0.3 is 19.2 Å². The lowest BCUT2D eigenvalue weighted by atomic mass is 10.2. The van der Waals surface area contributed by atoms with Gasteiger partial charge in [0.2, 0.25) is 5.89 Å². The monoisotopic (exact) mass is 530 g/mol. The summed E-state index contributed by atoms with van der Waals surface area (Å²) in [5.74, 6) is 1.57. The summed E-state index contributed by atoms with van der Waals surface area (Å²) in [5, 5.41) is 2.81. The predicted octanol–water partition coefficient (Wildman–Crippen LogP) is 6.05. The molecule has 0 atom stereocenters. The van der Waals surface area contributed by atoms with Crippen molar-refractivity contribution in [2.45, 2.75) is 0 Å². The Morgan fingerprint density at radius 2 is 1.87 bits per heavy atom. The van der Waals surface area contributed by atoms with E-state index >= 15 is 0 Å². The highest BCUT2D eigenvalue weighted by atomic mass is 79.9. The minimum absolute atomic E-state index is 0.0936. The lowest BCUT2D eigenvalue weighted by Crippen LogP contribution is -2.20. The van der Waals surface area contributed by atoms with E-state index in [9.17, 15) is 4.79 Å². The number of hydrogen-bond acceptors (Lipinski definition) is 5. The molecule has 1 aromatic heterocycles. The van der Waals surface area contributed by atoms with E-state index in [1.54, 1.807) is 37.4 Å². The first-order valence-corrected chi connectivity index (χ1v) is 10.5. The zero-order valence-corrected chi connectivity index (χ0v) is 19.0. The normalized spacial score (nSPS) is 10.8. The Morgan fingerprint density at radius 3 is 2.60 bits per heavy atom. The molecule has 4 aromatic rings. The van der Waals surface area contributed by atoms with Crippen LogP contribution in [0.4, 0.5) is 5.69 Å². The standard InChI is InChI=1S/C22H16Br2N2O4/c1-28-19-8-2-13(10-17(19)24)22-26-18-11-15(5-9-20(18)30-22)25-21(27)12-29-16-6-3-14(23)4-7-16/h2-11H,12H2,1H3,(H,25,27). The van der Waals surface area contributed by atoms with Crippen LogP contribution >= 0.6 is 31.9 Å². The van der Waals surface area contributed by atoms with E-state index < -0.39 is 0 Å². The fraction of sp³-hybridized carbons (Fsp3) is 0.0909. The van der Waals surface area contributed by atoms with Crippen molar-refractivity contribution in [2.24, 2.45) is 0 Å². The third kappa shape index (κ3) is 4.66. The first-order chi connectivity index (χ1) is 14.5. The Labute approximate surface area is 189 Å². The van der Waals surface area contributed by atoms with Crippen LogP contribution < -0.4 is 14.8 Å². The number of carbonyl (C=O) groups excluding carboxylic acids is 1. The Balaban J connectivity index is 1.46. The number of nitrogens with zero attached hydrogens (tertiary/aromatic N) is 1. The zero-order chi connectivity index (χ0) is 21.1. The fourth-order valence-corrected chi connectivity index (χ4v) is 3.61. The summed E-state index contributed by atoms with van der Waals surface area (Å²) in [6, 6.07) is 18.2. The van der Waals surface area contributed by atoms with Gasteiger partial charge in [-0.15, -0.1) is 0 Å². The van der Waals surface area contributed by atoms with Gasteiger partial charge in [0.25, 0.3) is 5.91 Å². The van der Waals surface area contributed by atoms with Crippen LogP contribution in [0.15, 0.2) is 74.0 Å². The molecule has 0 unspecified atom stereocenters. The van der Waals surface area contributed by atoms with Gasteiger partial charge in [-0.05, 0) is 76.6 Å². The molecule has 0 spiro atoms. The van der Waals surface area contributed by atoms with Crippen molar-refractivity contribution in [1.82, 2.24) is 4.98 Å². The highest BCUT2D eigenvalue weighted by Gasteiger charge is 2.12. The first-order valence-electron chi connectivity index (χ1n) is 8.94. The maximum Gasteiger partial charge on any atom is 0.262 e. The van der Waals surface area contributed by atoms with Crippen molar-refractivity contribution in [3.05, 3.63) is 69.6 Å². The second-order valence-electron chi connectivity index (χ2n) is 6.34. The van der Waals surface area contributed by atoms with Gasteiger partial charge in [-0.1, -0.05) is 15.9 Å². The molecule has 1 heterocycles. The Morgan fingerprint density at radius 1 is 1.07 bits per heavy atom. The number of halogens is 2. The molecule has 1 N–H and O–H groups in total. The van der Waals surface area contributed by atoms with E-state index in [1.165, 1.54) is 0 Å². The summed E-state index contributed by atoms with van der Waals surface area (Å²) in [6.07, 6.45) is 0. The van der Waals surface area contributed by atoms with E-state index in [0.717, 1.165) is 20.3 Å². The van der Waals surface area contributed by atoms with Gasteiger partial charge in [0.15, 0.2) is 12.2 Å². The number of methoxy groups -OCH3 is 1. The maximum atomic E-state index is 12.2. The lowest BCUT2D eigenvalue weighted by Gasteiger charge is -2.07. The van der Waals surface area contributed by atoms with E-state index in [-0.39, 0.29) is 12.5 Å². The number of carbonyl (C=O) groups is 1. The SMILES string of the molecule is COc1ccc(-c2nc3cc(NC(=O)COc4ccc(Br)cc4)ccc3o2)cc1Br. The topological polar surface area (TPSA) is 73.6 Å². The van der Waals surface area contributed by atoms with Crippen LogP contribution in [0.2, 0.25) is 0 Å². The number of nitrogens with one attached hydrogen (secondary N) is 1.